The highest BCUT2D eigenvalue weighted by atomic mass is 16.4. The Morgan fingerprint density at radius 1 is 1.18 bits per heavy atom. The summed E-state index contributed by atoms with van der Waals surface area (Å²) in [7, 11) is 0. The Balaban J connectivity index is 1.87. The normalized spacial score (nSPS) is 18.9. The third-order valence-corrected chi connectivity index (χ3v) is 4.78. The van der Waals surface area contributed by atoms with Crippen LogP contribution in [0.25, 0.3) is 0 Å². The molecule has 28 heavy (non-hydrogen) atoms. The minimum absolute atomic E-state index is 0.0501. The van der Waals surface area contributed by atoms with Crippen LogP contribution in [-0.2, 0) is 14.4 Å². The molecule has 3 rings (SSSR count). The fourth-order valence-electron chi connectivity index (χ4n) is 3.41. The first-order valence-electron chi connectivity index (χ1n) is 8.86. The first-order valence-corrected chi connectivity index (χ1v) is 8.86. The van der Waals surface area contributed by atoms with Gasteiger partial charge in [-0.05, 0) is 24.6 Å². The maximum Gasteiger partial charge on any atom is 0.305 e. The Morgan fingerprint density at radius 2 is 1.89 bits per heavy atom. The van der Waals surface area contributed by atoms with Crippen LogP contribution < -0.4 is 16.0 Å². The monoisotopic (exact) mass is 388 g/mol. The van der Waals surface area contributed by atoms with E-state index in [2.05, 4.69) is 5.32 Å². The molecule has 10 heteroatoms. The number of imide groups is 2. The van der Waals surface area contributed by atoms with Crippen molar-refractivity contribution in [1.29, 1.82) is 0 Å². The summed E-state index contributed by atoms with van der Waals surface area (Å²) >= 11 is 0. The van der Waals surface area contributed by atoms with Crippen molar-refractivity contribution in [3.05, 3.63) is 29.3 Å². The van der Waals surface area contributed by atoms with Gasteiger partial charge in [-0.25, -0.2) is 0 Å². The van der Waals surface area contributed by atoms with E-state index in [1.54, 1.807) is 11.0 Å². The Hall–Kier alpha value is -3.27. The fourth-order valence-corrected chi connectivity index (χ4v) is 3.41. The summed E-state index contributed by atoms with van der Waals surface area (Å²) in [6.07, 6.45) is 0.0296. The number of carbonyl (C=O) groups is 5. The molecule has 148 valence electrons. The third-order valence-electron chi connectivity index (χ3n) is 4.78. The lowest BCUT2D eigenvalue weighted by atomic mass is 10.0. The van der Waals surface area contributed by atoms with Gasteiger partial charge in [0.25, 0.3) is 11.8 Å². The topological polar surface area (TPSA) is 150 Å². The molecule has 0 aliphatic carbocycles. The first kappa shape index (κ1) is 19.5. The molecule has 2 aliphatic rings. The Morgan fingerprint density at radius 3 is 2.54 bits per heavy atom. The van der Waals surface area contributed by atoms with Gasteiger partial charge in [0, 0.05) is 31.7 Å². The molecule has 0 aromatic heterocycles. The molecule has 0 saturated carbocycles. The zero-order valence-corrected chi connectivity index (χ0v) is 15.0. The van der Waals surface area contributed by atoms with E-state index < -0.39 is 35.6 Å². The molecule has 4 N–H and O–H groups in total. The lowest BCUT2D eigenvalue weighted by molar-refractivity contribution is -0.137. The van der Waals surface area contributed by atoms with Crippen molar-refractivity contribution in [2.75, 3.05) is 24.5 Å². The number of fused-ring (bicyclic) bond motifs is 1. The number of rotatable bonds is 7. The molecule has 1 fully saturated rings. The molecule has 2 heterocycles. The van der Waals surface area contributed by atoms with Crippen molar-refractivity contribution < 1.29 is 29.1 Å². The number of nitrogens with two attached hydrogens (primary N) is 1. The van der Waals surface area contributed by atoms with Crippen LogP contribution in [0.15, 0.2) is 18.2 Å². The van der Waals surface area contributed by atoms with Crippen LogP contribution in [-0.4, -0.2) is 65.3 Å². The third kappa shape index (κ3) is 3.58. The van der Waals surface area contributed by atoms with Gasteiger partial charge < -0.3 is 15.7 Å². The standard InChI is InChI=1S/C18H20N4O6/c19-6-8-21(7-5-15(24)25)10-1-2-11-12(9-10)18(28)22(17(11)27)13-3-4-14(23)20-16(13)26/h1-2,9,13H,3-8,19H2,(H,24,25)(H,20,23,26). The molecule has 1 unspecified atom stereocenters. The van der Waals surface area contributed by atoms with Gasteiger partial charge in [0.1, 0.15) is 6.04 Å². The molecule has 1 saturated heterocycles. The van der Waals surface area contributed by atoms with E-state index in [9.17, 15) is 24.0 Å². The summed E-state index contributed by atoms with van der Waals surface area (Å²) in [5.41, 5.74) is 6.47. The smallest absolute Gasteiger partial charge is 0.305 e. The Kier molecular flexibility index (Phi) is 5.41. The van der Waals surface area contributed by atoms with Crippen molar-refractivity contribution in [3.63, 3.8) is 0 Å². The van der Waals surface area contributed by atoms with Crippen LogP contribution in [0.3, 0.4) is 0 Å². The highest BCUT2D eigenvalue weighted by Gasteiger charge is 2.44. The second-order valence-corrected chi connectivity index (χ2v) is 6.60. The number of carboxylic acid groups (broad SMARTS) is 1. The maximum absolute atomic E-state index is 12.8. The van der Waals surface area contributed by atoms with Crippen LogP contribution >= 0.6 is 0 Å². The Labute approximate surface area is 160 Å². The lowest BCUT2D eigenvalue weighted by Crippen LogP contribution is -2.54. The van der Waals surface area contributed by atoms with Crippen molar-refractivity contribution in [3.8, 4) is 0 Å². The van der Waals surface area contributed by atoms with Crippen LogP contribution in [0.4, 0.5) is 5.69 Å². The molecular weight excluding hydrogens is 368 g/mol. The van der Waals surface area contributed by atoms with Crippen LogP contribution in [0.5, 0.6) is 0 Å². The van der Waals surface area contributed by atoms with Gasteiger partial charge in [0.15, 0.2) is 0 Å². The number of anilines is 1. The minimum Gasteiger partial charge on any atom is -0.481 e. The average molecular weight is 388 g/mol. The second kappa shape index (κ2) is 7.77. The van der Waals surface area contributed by atoms with Gasteiger partial charge in [0.05, 0.1) is 17.5 Å². The predicted octanol–water partition coefficient (Wildman–Crippen LogP) is -0.672. The summed E-state index contributed by atoms with van der Waals surface area (Å²) in [5.74, 6) is -3.26. The molecule has 0 spiro atoms. The number of aliphatic carboxylic acids is 1. The molecule has 1 atom stereocenters. The number of carboxylic acids is 1. The summed E-state index contributed by atoms with van der Waals surface area (Å²) in [4.78, 5) is 62.4. The number of amides is 4. The van der Waals surface area contributed by atoms with E-state index in [1.165, 1.54) is 12.1 Å². The number of nitrogens with one attached hydrogen (secondary N) is 1. The summed E-state index contributed by atoms with van der Waals surface area (Å²) in [5, 5.41) is 11.1. The molecule has 0 bridgehead atoms. The number of carbonyl (C=O) groups excluding carboxylic acids is 4. The summed E-state index contributed by atoms with van der Waals surface area (Å²) in [6.45, 7) is 0.862. The molecule has 2 aliphatic heterocycles. The lowest BCUT2D eigenvalue weighted by Gasteiger charge is -2.27. The molecule has 1 aromatic rings. The molecule has 4 amide bonds. The van der Waals surface area contributed by atoms with Crippen LogP contribution in [0, 0.1) is 0 Å². The van der Waals surface area contributed by atoms with Gasteiger partial charge in [-0.1, -0.05) is 0 Å². The molecule has 0 radical (unpaired) electrons. The van der Waals surface area contributed by atoms with E-state index in [0.29, 0.717) is 12.2 Å². The van der Waals surface area contributed by atoms with E-state index >= 15 is 0 Å². The highest BCUT2D eigenvalue weighted by molar-refractivity contribution is 6.23. The number of nitrogens with zero attached hydrogens (tertiary/aromatic N) is 2. The van der Waals surface area contributed by atoms with Gasteiger partial charge in [0.2, 0.25) is 11.8 Å². The van der Waals surface area contributed by atoms with E-state index in [1.807, 2.05) is 0 Å². The van der Waals surface area contributed by atoms with Crippen molar-refractivity contribution in [1.82, 2.24) is 10.2 Å². The summed E-state index contributed by atoms with van der Waals surface area (Å²) in [6, 6.07) is 3.59. The van der Waals surface area contributed by atoms with Crippen molar-refractivity contribution in [2.24, 2.45) is 5.73 Å². The number of hydrogen-bond donors (Lipinski definition) is 3. The molecule has 10 nitrogen and oxygen atoms in total. The van der Waals surface area contributed by atoms with Gasteiger partial charge in [-0.3, -0.25) is 34.2 Å². The Bertz CT molecular complexity index is 868. The number of hydrogen-bond acceptors (Lipinski definition) is 7. The second-order valence-electron chi connectivity index (χ2n) is 6.60. The zero-order chi connectivity index (χ0) is 20.4. The summed E-state index contributed by atoms with van der Waals surface area (Å²) < 4.78 is 0. The number of benzene rings is 1. The SMILES string of the molecule is NCCN(CCC(=O)O)c1ccc2c(c1)C(=O)N(C1CCC(=O)NC1=O)C2=O. The quantitative estimate of drug-likeness (QED) is 0.520. The minimum atomic E-state index is -1.03. The van der Waals surface area contributed by atoms with Crippen LogP contribution in [0.2, 0.25) is 0 Å². The van der Waals surface area contributed by atoms with E-state index in [0.717, 1.165) is 4.90 Å². The van der Waals surface area contributed by atoms with Gasteiger partial charge in [-0.2, -0.15) is 0 Å². The predicted molar refractivity (Wildman–Crippen MR) is 96.6 cm³/mol. The largest absolute Gasteiger partial charge is 0.481 e. The van der Waals surface area contributed by atoms with Crippen molar-refractivity contribution in [2.45, 2.75) is 25.3 Å². The van der Waals surface area contributed by atoms with E-state index in [4.69, 9.17) is 10.8 Å². The van der Waals surface area contributed by atoms with Crippen molar-refractivity contribution >= 4 is 35.3 Å². The van der Waals surface area contributed by atoms with Gasteiger partial charge >= 0.3 is 5.97 Å². The first-order chi connectivity index (χ1) is 13.3. The number of piperidine rings is 1. The van der Waals surface area contributed by atoms with Gasteiger partial charge in [-0.15, -0.1) is 0 Å². The van der Waals surface area contributed by atoms with E-state index in [-0.39, 0.29) is 43.5 Å². The molecule has 1 aromatic carbocycles. The molecular formula is C18H20N4O6. The maximum atomic E-state index is 12.8. The average Bonchev–Trinajstić information content (AvgIpc) is 2.89. The van der Waals surface area contributed by atoms with Crippen LogP contribution in [0.1, 0.15) is 40.0 Å². The fraction of sp³-hybridized carbons (Fsp3) is 0.389. The zero-order valence-electron chi connectivity index (χ0n) is 15.0. The highest BCUT2D eigenvalue weighted by Crippen LogP contribution is 2.30.